The van der Waals surface area contributed by atoms with Crippen molar-refractivity contribution in [2.75, 3.05) is 0 Å². The van der Waals surface area contributed by atoms with Crippen molar-refractivity contribution in [1.29, 1.82) is 0 Å². The number of hydrogen-bond donors (Lipinski definition) is 1. The lowest BCUT2D eigenvalue weighted by atomic mass is 9.69. The summed E-state index contributed by atoms with van der Waals surface area (Å²) in [5.41, 5.74) is 4.33. The van der Waals surface area contributed by atoms with Crippen molar-refractivity contribution in [3.63, 3.8) is 0 Å². The van der Waals surface area contributed by atoms with Gasteiger partial charge in [0.1, 0.15) is 0 Å². The van der Waals surface area contributed by atoms with Crippen LogP contribution in [-0.2, 0) is 0 Å². The lowest BCUT2D eigenvalue weighted by Crippen LogP contribution is -2.34. The number of carbonyl (C=O) groups is 1. The number of thiophene rings is 1. The molecule has 0 spiro atoms. The number of nitrogens with zero attached hydrogens (tertiary/aromatic N) is 1. The van der Waals surface area contributed by atoms with E-state index in [-0.39, 0.29) is 5.91 Å². The first kappa shape index (κ1) is 12.9. The number of carbonyl (C=O) groups excluding carboxylic acids is 1. The summed E-state index contributed by atoms with van der Waals surface area (Å²) >= 11 is 1.45. The van der Waals surface area contributed by atoms with Crippen molar-refractivity contribution in [1.82, 2.24) is 5.43 Å². The van der Waals surface area contributed by atoms with Crippen molar-refractivity contribution in [3.05, 3.63) is 22.4 Å². The SMILES string of the molecule is C[C@@H]1[C@H]2C[C@@H](CC2=NNC(=O)c2cccs2)C1(C)C. The Morgan fingerprint density at radius 1 is 1.53 bits per heavy atom. The largest absolute Gasteiger partial charge is 0.281 e. The van der Waals surface area contributed by atoms with Gasteiger partial charge in [0.05, 0.1) is 4.88 Å². The number of amides is 1. The minimum Gasteiger partial charge on any atom is -0.266 e. The van der Waals surface area contributed by atoms with E-state index in [0.29, 0.717) is 17.3 Å². The zero-order valence-corrected chi connectivity index (χ0v) is 12.5. The van der Waals surface area contributed by atoms with Crippen LogP contribution in [0.1, 0.15) is 43.3 Å². The summed E-state index contributed by atoms with van der Waals surface area (Å²) in [7, 11) is 0. The zero-order chi connectivity index (χ0) is 13.6. The molecule has 1 heterocycles. The van der Waals surface area contributed by atoms with E-state index in [1.165, 1.54) is 23.5 Å². The third-order valence-corrected chi connectivity index (χ3v) is 6.17. The molecule has 102 valence electrons. The Hall–Kier alpha value is -1.16. The topological polar surface area (TPSA) is 41.5 Å². The normalized spacial score (nSPS) is 33.8. The molecule has 1 amide bonds. The molecule has 2 aliphatic carbocycles. The van der Waals surface area contributed by atoms with Crippen LogP contribution in [0.15, 0.2) is 22.6 Å². The van der Waals surface area contributed by atoms with Crippen LogP contribution in [-0.4, -0.2) is 11.6 Å². The van der Waals surface area contributed by atoms with E-state index in [1.54, 1.807) is 0 Å². The maximum Gasteiger partial charge on any atom is 0.281 e. The van der Waals surface area contributed by atoms with Crippen LogP contribution in [0.5, 0.6) is 0 Å². The van der Waals surface area contributed by atoms with Crippen molar-refractivity contribution >= 4 is 23.0 Å². The van der Waals surface area contributed by atoms with E-state index in [0.717, 1.165) is 17.2 Å². The fraction of sp³-hybridized carbons (Fsp3) is 0.600. The van der Waals surface area contributed by atoms with Gasteiger partial charge in [-0.1, -0.05) is 26.8 Å². The second kappa shape index (κ2) is 4.44. The first-order chi connectivity index (χ1) is 9.00. The molecule has 0 unspecified atom stereocenters. The molecule has 0 radical (unpaired) electrons. The number of nitrogens with one attached hydrogen (secondary N) is 1. The predicted octanol–water partition coefficient (Wildman–Crippen LogP) is 3.54. The fourth-order valence-corrected chi connectivity index (χ4v) is 4.21. The molecular formula is C15H20N2OS. The molecule has 3 nitrogen and oxygen atoms in total. The van der Waals surface area contributed by atoms with Gasteiger partial charge in [0.15, 0.2) is 0 Å². The average molecular weight is 276 g/mol. The maximum absolute atomic E-state index is 11.9. The number of hydrogen-bond acceptors (Lipinski definition) is 3. The smallest absolute Gasteiger partial charge is 0.266 e. The molecule has 0 saturated heterocycles. The quantitative estimate of drug-likeness (QED) is 0.825. The predicted molar refractivity (Wildman–Crippen MR) is 78.4 cm³/mol. The Morgan fingerprint density at radius 2 is 2.32 bits per heavy atom. The summed E-state index contributed by atoms with van der Waals surface area (Å²) in [6, 6.07) is 3.71. The average Bonchev–Trinajstić information content (AvgIpc) is 3.06. The van der Waals surface area contributed by atoms with Crippen LogP contribution < -0.4 is 5.43 Å². The van der Waals surface area contributed by atoms with Crippen molar-refractivity contribution < 1.29 is 4.79 Å². The van der Waals surface area contributed by atoms with Gasteiger partial charge >= 0.3 is 0 Å². The van der Waals surface area contributed by atoms with Gasteiger partial charge in [-0.2, -0.15) is 5.10 Å². The van der Waals surface area contributed by atoms with Gasteiger partial charge < -0.3 is 0 Å². The first-order valence-electron chi connectivity index (χ1n) is 6.90. The second-order valence-electron chi connectivity index (χ2n) is 6.37. The Morgan fingerprint density at radius 3 is 2.89 bits per heavy atom. The summed E-state index contributed by atoms with van der Waals surface area (Å²) in [6.45, 7) is 7.05. The minimum atomic E-state index is -0.0859. The highest BCUT2D eigenvalue weighted by Crippen LogP contribution is 2.57. The van der Waals surface area contributed by atoms with E-state index >= 15 is 0 Å². The van der Waals surface area contributed by atoms with E-state index in [2.05, 4.69) is 31.3 Å². The highest BCUT2D eigenvalue weighted by atomic mass is 32.1. The zero-order valence-electron chi connectivity index (χ0n) is 11.6. The van der Waals surface area contributed by atoms with Crippen molar-refractivity contribution in [2.45, 2.75) is 33.6 Å². The second-order valence-corrected chi connectivity index (χ2v) is 7.32. The van der Waals surface area contributed by atoms with Crippen LogP contribution in [0.2, 0.25) is 0 Å². The molecule has 19 heavy (non-hydrogen) atoms. The standard InChI is InChI=1S/C15H20N2OS/c1-9-11-7-10(15(9,2)3)8-12(11)16-17-14(18)13-5-4-6-19-13/h4-6,9-11H,7-8H2,1-3H3,(H,17,18)/t9-,10+,11-/m1/s1. The molecule has 2 bridgehead atoms. The molecule has 1 N–H and O–H groups in total. The first-order valence-corrected chi connectivity index (χ1v) is 7.78. The van der Waals surface area contributed by atoms with Crippen LogP contribution in [0, 0.1) is 23.2 Å². The van der Waals surface area contributed by atoms with Crippen LogP contribution >= 0.6 is 11.3 Å². The molecule has 1 aromatic rings. The molecule has 0 aromatic carbocycles. The van der Waals surface area contributed by atoms with Gasteiger partial charge in [0.2, 0.25) is 0 Å². The summed E-state index contributed by atoms with van der Waals surface area (Å²) in [4.78, 5) is 12.6. The summed E-state index contributed by atoms with van der Waals surface area (Å²) in [6.07, 6.45) is 2.29. The maximum atomic E-state index is 11.9. The molecule has 3 rings (SSSR count). The third-order valence-electron chi connectivity index (χ3n) is 5.30. The molecule has 2 aliphatic rings. The van der Waals surface area contributed by atoms with Crippen molar-refractivity contribution in [2.24, 2.45) is 28.3 Å². The molecule has 4 heteroatoms. The van der Waals surface area contributed by atoms with Crippen LogP contribution in [0.4, 0.5) is 0 Å². The van der Waals surface area contributed by atoms with Gasteiger partial charge in [-0.05, 0) is 41.5 Å². The lowest BCUT2D eigenvalue weighted by molar-refractivity contribution is 0.0958. The Bertz CT molecular complexity index is 514. The highest BCUT2D eigenvalue weighted by molar-refractivity contribution is 7.12. The number of fused-ring (bicyclic) bond motifs is 2. The summed E-state index contributed by atoms with van der Waals surface area (Å²) in [5.74, 6) is 1.86. The molecule has 2 fully saturated rings. The Labute approximate surface area is 118 Å². The Balaban J connectivity index is 1.69. The monoisotopic (exact) mass is 276 g/mol. The van der Waals surface area contributed by atoms with Gasteiger partial charge in [0.25, 0.3) is 5.91 Å². The molecular weight excluding hydrogens is 256 g/mol. The molecule has 0 aliphatic heterocycles. The Kier molecular flexibility index (Phi) is 3.01. The molecule has 3 atom stereocenters. The van der Waals surface area contributed by atoms with Gasteiger partial charge in [-0.3, -0.25) is 4.79 Å². The van der Waals surface area contributed by atoms with E-state index in [4.69, 9.17) is 0 Å². The summed E-state index contributed by atoms with van der Waals surface area (Å²) in [5, 5.41) is 6.31. The fourth-order valence-electron chi connectivity index (χ4n) is 3.59. The summed E-state index contributed by atoms with van der Waals surface area (Å²) < 4.78 is 0. The van der Waals surface area contributed by atoms with Gasteiger partial charge in [0, 0.05) is 11.6 Å². The number of rotatable bonds is 2. The number of hydrazone groups is 1. The van der Waals surface area contributed by atoms with E-state index in [1.807, 2.05) is 17.5 Å². The van der Waals surface area contributed by atoms with Gasteiger partial charge in [-0.25, -0.2) is 5.43 Å². The van der Waals surface area contributed by atoms with E-state index in [9.17, 15) is 4.79 Å². The van der Waals surface area contributed by atoms with Crippen LogP contribution in [0.25, 0.3) is 0 Å². The van der Waals surface area contributed by atoms with E-state index < -0.39 is 0 Å². The lowest BCUT2D eigenvalue weighted by Gasteiger charge is -2.36. The van der Waals surface area contributed by atoms with Gasteiger partial charge in [-0.15, -0.1) is 11.3 Å². The third kappa shape index (κ3) is 2.02. The van der Waals surface area contributed by atoms with Crippen molar-refractivity contribution in [3.8, 4) is 0 Å². The highest BCUT2D eigenvalue weighted by Gasteiger charge is 2.53. The minimum absolute atomic E-state index is 0.0859. The molecule has 2 saturated carbocycles. The molecule has 1 aromatic heterocycles. The van der Waals surface area contributed by atoms with Crippen LogP contribution in [0.3, 0.4) is 0 Å².